The van der Waals surface area contributed by atoms with Crippen LogP contribution in [0, 0.1) is 0 Å². The van der Waals surface area contributed by atoms with Gasteiger partial charge in [-0.2, -0.15) is 0 Å². The number of piperidine rings is 1. The van der Waals surface area contributed by atoms with Gasteiger partial charge in [-0.1, -0.05) is 25.5 Å². The van der Waals surface area contributed by atoms with Crippen molar-refractivity contribution < 1.29 is 33.8 Å². The third-order valence-corrected chi connectivity index (χ3v) is 7.84. The van der Waals surface area contributed by atoms with Gasteiger partial charge in [-0.3, -0.25) is 24.6 Å². The van der Waals surface area contributed by atoms with Gasteiger partial charge in [-0.25, -0.2) is 9.59 Å². The Morgan fingerprint density at radius 3 is 2.67 bits per heavy atom. The van der Waals surface area contributed by atoms with E-state index in [2.05, 4.69) is 10.6 Å². The minimum Gasteiger partial charge on any atom is -0.465 e. The van der Waals surface area contributed by atoms with Crippen molar-refractivity contribution >= 4 is 29.9 Å². The Morgan fingerprint density at radius 2 is 2.00 bits per heavy atom. The topological polar surface area (TPSA) is 145 Å². The lowest BCUT2D eigenvalue weighted by atomic mass is 9.43. The van der Waals surface area contributed by atoms with Crippen LogP contribution in [-0.2, 0) is 27.4 Å². The van der Waals surface area contributed by atoms with Gasteiger partial charge in [-0.05, 0) is 49.3 Å². The predicted molar refractivity (Wildman–Crippen MR) is 125 cm³/mol. The van der Waals surface area contributed by atoms with E-state index in [4.69, 9.17) is 4.74 Å². The number of imide groups is 1. The summed E-state index contributed by atoms with van der Waals surface area (Å²) >= 11 is 0. The summed E-state index contributed by atoms with van der Waals surface area (Å²) in [6.45, 7) is 2.77. The quantitative estimate of drug-likeness (QED) is 0.368. The number of nitrogens with one attached hydrogen (secondary N) is 2. The maximum absolute atomic E-state index is 13.1. The van der Waals surface area contributed by atoms with Crippen LogP contribution in [0.4, 0.5) is 9.59 Å². The second-order valence-electron chi connectivity index (χ2n) is 10.4. The molecule has 36 heavy (non-hydrogen) atoms. The smallest absolute Gasteiger partial charge is 0.408 e. The summed E-state index contributed by atoms with van der Waals surface area (Å²) in [4.78, 5) is 63.9. The second-order valence-corrected chi connectivity index (χ2v) is 10.4. The first kappa shape index (κ1) is 24.1. The Kier molecular flexibility index (Phi) is 5.88. The highest BCUT2D eigenvalue weighted by molar-refractivity contribution is 6.05. The average Bonchev–Trinajstić information content (AvgIpc) is 3.10. The monoisotopic (exact) mass is 498 g/mol. The molecule has 5 amide bonds. The normalized spacial score (nSPS) is 28.0. The van der Waals surface area contributed by atoms with E-state index in [-0.39, 0.29) is 37.7 Å². The molecule has 1 atom stereocenters. The van der Waals surface area contributed by atoms with Crippen molar-refractivity contribution in [1.82, 2.24) is 20.4 Å². The first-order chi connectivity index (χ1) is 17.2. The molecule has 2 aliphatic heterocycles. The Balaban J connectivity index is 1.22. The third-order valence-electron chi connectivity index (χ3n) is 7.84. The molecule has 11 nitrogen and oxygen atoms in total. The highest BCUT2D eigenvalue weighted by atomic mass is 16.5. The van der Waals surface area contributed by atoms with Crippen LogP contribution in [0.3, 0.4) is 0 Å². The van der Waals surface area contributed by atoms with E-state index < -0.39 is 35.2 Å². The summed E-state index contributed by atoms with van der Waals surface area (Å²) in [7, 11) is 0. The molecule has 3 saturated carbocycles. The molecule has 3 N–H and O–H groups in total. The van der Waals surface area contributed by atoms with E-state index in [9.17, 15) is 29.1 Å². The number of carboxylic acid groups (broad SMARTS) is 1. The number of amides is 5. The second kappa shape index (κ2) is 8.79. The number of unbranched alkanes of at least 4 members (excludes halogenated alkanes) is 1. The number of benzene rings is 1. The molecule has 0 aromatic heterocycles. The number of alkyl carbamates (subject to hydrolysis) is 1. The van der Waals surface area contributed by atoms with Crippen LogP contribution in [0.1, 0.15) is 73.4 Å². The molecule has 192 valence electrons. The lowest BCUT2D eigenvalue weighted by Crippen LogP contribution is -2.84. The van der Waals surface area contributed by atoms with Gasteiger partial charge in [0.05, 0.1) is 17.7 Å². The maximum Gasteiger partial charge on any atom is 0.408 e. The third kappa shape index (κ3) is 4.06. The van der Waals surface area contributed by atoms with Gasteiger partial charge in [0.25, 0.3) is 5.91 Å². The molecular weight excluding hydrogens is 468 g/mol. The molecule has 1 unspecified atom stereocenters. The molecule has 11 heteroatoms. The molecule has 1 aromatic carbocycles. The molecule has 0 spiro atoms. The van der Waals surface area contributed by atoms with Crippen LogP contribution in [-0.4, -0.2) is 68.5 Å². The molecule has 5 aliphatic rings. The van der Waals surface area contributed by atoms with Gasteiger partial charge in [0.15, 0.2) is 0 Å². The number of carbonyl (C=O) groups excluding carboxylic acids is 4. The molecule has 2 bridgehead atoms. The van der Waals surface area contributed by atoms with Gasteiger partial charge in [-0.15, -0.1) is 0 Å². The number of rotatable bonds is 8. The Labute approximate surface area is 208 Å². The van der Waals surface area contributed by atoms with E-state index >= 15 is 0 Å². The zero-order chi connectivity index (χ0) is 25.7. The van der Waals surface area contributed by atoms with E-state index in [0.717, 1.165) is 18.4 Å². The van der Waals surface area contributed by atoms with Gasteiger partial charge in [0.1, 0.15) is 6.04 Å². The van der Waals surface area contributed by atoms with Gasteiger partial charge < -0.3 is 20.1 Å². The number of carbonyl (C=O) groups is 5. The fourth-order valence-electron chi connectivity index (χ4n) is 6.04. The Morgan fingerprint density at radius 1 is 1.25 bits per heavy atom. The lowest BCUT2D eigenvalue weighted by molar-refractivity contribution is -0.164. The van der Waals surface area contributed by atoms with Crippen LogP contribution in [0.2, 0.25) is 0 Å². The van der Waals surface area contributed by atoms with Gasteiger partial charge in [0.2, 0.25) is 11.8 Å². The van der Waals surface area contributed by atoms with Crippen molar-refractivity contribution in [2.24, 2.45) is 0 Å². The maximum atomic E-state index is 13.1. The zero-order valence-corrected chi connectivity index (χ0v) is 20.2. The summed E-state index contributed by atoms with van der Waals surface area (Å²) in [5, 5.41) is 15.1. The molecular formula is C25H30N4O7. The zero-order valence-electron chi connectivity index (χ0n) is 20.2. The fraction of sp³-hybridized carbons (Fsp3) is 0.560. The molecule has 1 aromatic rings. The van der Waals surface area contributed by atoms with Gasteiger partial charge in [0, 0.05) is 25.1 Å². The Bertz CT molecular complexity index is 1130. The van der Waals surface area contributed by atoms with E-state index in [1.165, 1.54) is 9.80 Å². The van der Waals surface area contributed by atoms with Crippen molar-refractivity contribution in [2.75, 3.05) is 6.61 Å². The van der Waals surface area contributed by atoms with Crippen LogP contribution in [0.25, 0.3) is 0 Å². The largest absolute Gasteiger partial charge is 0.465 e. The highest BCUT2D eigenvalue weighted by Gasteiger charge is 2.72. The number of nitrogens with zero attached hydrogens (tertiary/aromatic N) is 2. The van der Waals surface area contributed by atoms with Crippen LogP contribution >= 0.6 is 0 Å². The van der Waals surface area contributed by atoms with Crippen LogP contribution in [0.15, 0.2) is 18.2 Å². The average molecular weight is 499 g/mol. The Hall–Kier alpha value is -3.63. The van der Waals surface area contributed by atoms with Crippen molar-refractivity contribution in [1.29, 1.82) is 0 Å². The lowest BCUT2D eigenvalue weighted by Gasteiger charge is -2.72. The van der Waals surface area contributed by atoms with E-state index in [1.807, 2.05) is 6.92 Å². The van der Waals surface area contributed by atoms with Crippen molar-refractivity contribution in [3.8, 4) is 0 Å². The highest BCUT2D eigenvalue weighted by Crippen LogP contribution is 2.64. The van der Waals surface area contributed by atoms with E-state index in [0.29, 0.717) is 37.0 Å². The fourth-order valence-corrected chi connectivity index (χ4v) is 6.04. The standard InChI is InChI=1S/C25H30N4O7/c1-2-3-8-36-22(33)27-24-12-25(13-24,14-24)29(23(34)35)10-15-4-5-16-11-28(21(32)17(16)9-15)18-6-7-19(30)26-20(18)31/h4-5,9,18H,2-3,6-8,10-14H2,1H3,(H,27,33)(H,34,35)(H,26,30,31). The van der Waals surface area contributed by atoms with Crippen molar-refractivity contribution in [3.63, 3.8) is 0 Å². The van der Waals surface area contributed by atoms with Gasteiger partial charge >= 0.3 is 12.2 Å². The number of hydrogen-bond acceptors (Lipinski definition) is 6. The van der Waals surface area contributed by atoms with E-state index in [1.54, 1.807) is 18.2 Å². The first-order valence-electron chi connectivity index (χ1n) is 12.4. The molecule has 0 radical (unpaired) electrons. The molecule has 3 aliphatic carbocycles. The van der Waals surface area contributed by atoms with Crippen LogP contribution in [0.5, 0.6) is 0 Å². The molecule has 6 rings (SSSR count). The van der Waals surface area contributed by atoms with Crippen LogP contribution < -0.4 is 10.6 Å². The minimum absolute atomic E-state index is 0.116. The van der Waals surface area contributed by atoms with Crippen molar-refractivity contribution in [3.05, 3.63) is 34.9 Å². The molecule has 1 saturated heterocycles. The summed E-state index contributed by atoms with van der Waals surface area (Å²) in [6, 6.07) is 4.61. The molecule has 2 heterocycles. The number of ether oxygens (including phenoxy) is 1. The van der Waals surface area contributed by atoms with Crippen molar-refractivity contribution in [2.45, 2.75) is 82.1 Å². The summed E-state index contributed by atoms with van der Waals surface area (Å²) in [6.07, 6.45) is 2.28. The summed E-state index contributed by atoms with van der Waals surface area (Å²) in [5.74, 6) is -1.10. The number of fused-ring (bicyclic) bond motifs is 1. The first-order valence-corrected chi connectivity index (χ1v) is 12.4. The molecule has 4 fully saturated rings. The summed E-state index contributed by atoms with van der Waals surface area (Å²) < 4.78 is 5.17. The predicted octanol–water partition coefficient (Wildman–Crippen LogP) is 2.13. The SMILES string of the molecule is CCCCOC(=O)NC12CC(N(Cc3ccc4c(c3)C(=O)N(C3CCC(=O)NC3=O)C4)C(=O)O)(C1)C2. The summed E-state index contributed by atoms with van der Waals surface area (Å²) in [5.41, 5.74) is 0.955. The minimum atomic E-state index is -1.05. The number of hydrogen-bond donors (Lipinski definition) is 3.